The Bertz CT molecular complexity index is 993. The molecule has 0 unspecified atom stereocenters. The molecule has 2 aromatic rings. The number of piperazine rings is 1. The lowest BCUT2D eigenvalue weighted by atomic mass is 10.3. The van der Waals surface area contributed by atoms with Crippen LogP contribution in [0.15, 0.2) is 59.5 Å². The molecule has 0 aromatic heterocycles. The first-order valence-electron chi connectivity index (χ1n) is 11.4. The molecule has 1 saturated heterocycles. The van der Waals surface area contributed by atoms with Gasteiger partial charge in [0.05, 0.1) is 17.2 Å². The highest BCUT2D eigenvalue weighted by Gasteiger charge is 2.29. The molecular formula is C24H34N4O4S. The normalized spacial score (nSPS) is 15.2. The Labute approximate surface area is 197 Å². The van der Waals surface area contributed by atoms with Gasteiger partial charge in [0.2, 0.25) is 5.91 Å². The summed E-state index contributed by atoms with van der Waals surface area (Å²) < 4.78 is 33.7. The van der Waals surface area contributed by atoms with Gasteiger partial charge in [0.15, 0.2) is 0 Å². The fourth-order valence-corrected chi connectivity index (χ4v) is 5.20. The van der Waals surface area contributed by atoms with Crippen molar-refractivity contribution < 1.29 is 17.9 Å². The predicted molar refractivity (Wildman–Crippen MR) is 130 cm³/mol. The average molecular weight is 475 g/mol. The maximum Gasteiger partial charge on any atom is 0.264 e. The number of nitrogens with one attached hydrogen (secondary N) is 1. The summed E-state index contributed by atoms with van der Waals surface area (Å²) >= 11 is 0. The van der Waals surface area contributed by atoms with Gasteiger partial charge in [0.25, 0.3) is 10.0 Å². The Morgan fingerprint density at radius 3 is 2.39 bits per heavy atom. The number of hydrogen-bond acceptors (Lipinski definition) is 6. The number of para-hydroxylation sites is 2. The van der Waals surface area contributed by atoms with Crippen LogP contribution in [0.4, 0.5) is 5.69 Å². The Morgan fingerprint density at radius 2 is 1.70 bits per heavy atom. The standard InChI is InChI=1S/C24H34N4O4S/c1-3-32-23-13-8-7-12-22(23)28(33(30,31)21-10-5-4-6-11-21)20-24(29)25-14-9-15-27-18-16-26(2)17-19-27/h4-8,10-13H,3,9,14-20H2,1-2H3,(H,25,29). The van der Waals surface area contributed by atoms with Gasteiger partial charge in [-0.05, 0) is 51.2 Å². The van der Waals surface area contributed by atoms with Crippen LogP contribution in [0.1, 0.15) is 13.3 Å². The summed E-state index contributed by atoms with van der Waals surface area (Å²) in [7, 11) is -1.84. The first-order valence-corrected chi connectivity index (χ1v) is 12.8. The zero-order valence-corrected chi connectivity index (χ0v) is 20.3. The molecule has 8 nitrogen and oxygen atoms in total. The van der Waals surface area contributed by atoms with Crippen LogP contribution in [0.3, 0.4) is 0 Å². The molecule has 0 saturated carbocycles. The lowest BCUT2D eigenvalue weighted by Gasteiger charge is -2.32. The minimum absolute atomic E-state index is 0.124. The zero-order valence-electron chi connectivity index (χ0n) is 19.4. The van der Waals surface area contributed by atoms with E-state index >= 15 is 0 Å². The van der Waals surface area contributed by atoms with Gasteiger partial charge in [0.1, 0.15) is 12.3 Å². The van der Waals surface area contributed by atoms with Gasteiger partial charge in [0, 0.05) is 32.7 Å². The molecule has 1 aliphatic rings. The van der Waals surface area contributed by atoms with E-state index in [0.29, 0.717) is 24.6 Å². The Hall–Kier alpha value is -2.62. The number of rotatable bonds is 11. The molecule has 1 aliphatic heterocycles. The largest absolute Gasteiger partial charge is 0.492 e. The number of hydrogen-bond donors (Lipinski definition) is 1. The van der Waals surface area contributed by atoms with E-state index in [9.17, 15) is 13.2 Å². The second-order valence-corrected chi connectivity index (χ2v) is 9.94. The number of anilines is 1. The van der Waals surface area contributed by atoms with Gasteiger partial charge in [-0.2, -0.15) is 0 Å². The highest BCUT2D eigenvalue weighted by Crippen LogP contribution is 2.32. The number of carbonyl (C=O) groups is 1. The number of ether oxygens (including phenoxy) is 1. The van der Waals surface area contributed by atoms with E-state index in [2.05, 4.69) is 22.2 Å². The zero-order chi connectivity index (χ0) is 23.7. The molecule has 1 heterocycles. The van der Waals surface area contributed by atoms with Crippen molar-refractivity contribution in [3.8, 4) is 5.75 Å². The molecule has 2 aromatic carbocycles. The lowest BCUT2D eigenvalue weighted by molar-refractivity contribution is -0.119. The van der Waals surface area contributed by atoms with Gasteiger partial charge >= 0.3 is 0 Å². The van der Waals surface area contributed by atoms with Crippen molar-refractivity contribution in [2.75, 3.05) is 63.8 Å². The van der Waals surface area contributed by atoms with Crippen LogP contribution in [0, 0.1) is 0 Å². The molecule has 0 atom stereocenters. The molecule has 3 rings (SSSR count). The SMILES string of the molecule is CCOc1ccccc1N(CC(=O)NCCCN1CCN(C)CC1)S(=O)(=O)c1ccccc1. The number of likely N-dealkylation sites (N-methyl/N-ethyl adjacent to an activating group) is 1. The van der Waals surface area contributed by atoms with Crippen LogP contribution in [0.5, 0.6) is 5.75 Å². The van der Waals surface area contributed by atoms with E-state index < -0.39 is 10.0 Å². The van der Waals surface area contributed by atoms with E-state index in [1.165, 1.54) is 12.1 Å². The smallest absolute Gasteiger partial charge is 0.264 e. The topological polar surface area (TPSA) is 82.2 Å². The summed E-state index contributed by atoms with van der Waals surface area (Å²) in [6, 6.07) is 15.0. The maximum absolute atomic E-state index is 13.5. The fourth-order valence-electron chi connectivity index (χ4n) is 3.75. The van der Waals surface area contributed by atoms with Crippen LogP contribution in [0.2, 0.25) is 0 Å². The predicted octanol–water partition coefficient (Wildman–Crippen LogP) is 2.03. The molecule has 0 spiro atoms. The average Bonchev–Trinajstić information content (AvgIpc) is 2.83. The van der Waals surface area contributed by atoms with Crippen LogP contribution in [-0.2, 0) is 14.8 Å². The number of nitrogens with zero attached hydrogens (tertiary/aromatic N) is 3. The molecule has 0 radical (unpaired) electrons. The second-order valence-electron chi connectivity index (χ2n) is 8.07. The number of benzene rings is 2. The van der Waals surface area contributed by atoms with Crippen LogP contribution < -0.4 is 14.4 Å². The molecule has 33 heavy (non-hydrogen) atoms. The molecule has 1 fully saturated rings. The van der Waals surface area contributed by atoms with Crippen molar-refractivity contribution in [3.63, 3.8) is 0 Å². The van der Waals surface area contributed by atoms with E-state index in [4.69, 9.17) is 4.74 Å². The third-order valence-corrected chi connectivity index (χ3v) is 7.40. The Morgan fingerprint density at radius 1 is 1.03 bits per heavy atom. The van der Waals surface area contributed by atoms with Gasteiger partial charge in [-0.3, -0.25) is 9.10 Å². The summed E-state index contributed by atoms with van der Waals surface area (Å²) in [6.45, 7) is 7.47. The third-order valence-electron chi connectivity index (χ3n) is 5.62. The molecule has 0 bridgehead atoms. The summed E-state index contributed by atoms with van der Waals surface area (Å²) in [4.78, 5) is 17.6. The molecule has 180 valence electrons. The fraction of sp³-hybridized carbons (Fsp3) is 0.458. The second kappa shape index (κ2) is 12.0. The summed E-state index contributed by atoms with van der Waals surface area (Å²) in [5, 5.41) is 2.88. The Kier molecular flexibility index (Phi) is 9.11. The van der Waals surface area contributed by atoms with Gasteiger partial charge < -0.3 is 19.9 Å². The highest BCUT2D eigenvalue weighted by molar-refractivity contribution is 7.92. The van der Waals surface area contributed by atoms with Crippen LogP contribution >= 0.6 is 0 Å². The van der Waals surface area contributed by atoms with Crippen LogP contribution in [0.25, 0.3) is 0 Å². The van der Waals surface area contributed by atoms with Crippen molar-refractivity contribution >= 4 is 21.6 Å². The minimum atomic E-state index is -3.96. The van der Waals surface area contributed by atoms with Crippen LogP contribution in [-0.4, -0.2) is 83.6 Å². The third kappa shape index (κ3) is 6.93. The van der Waals surface area contributed by atoms with Gasteiger partial charge in [-0.25, -0.2) is 8.42 Å². The monoisotopic (exact) mass is 474 g/mol. The van der Waals surface area contributed by atoms with Crippen molar-refractivity contribution in [3.05, 3.63) is 54.6 Å². The molecule has 1 N–H and O–H groups in total. The van der Waals surface area contributed by atoms with E-state index in [0.717, 1.165) is 43.4 Å². The maximum atomic E-state index is 13.5. The first kappa shape index (κ1) is 25.0. The molecule has 1 amide bonds. The van der Waals surface area contributed by atoms with Crippen molar-refractivity contribution in [2.45, 2.75) is 18.2 Å². The number of carbonyl (C=O) groups excluding carboxylic acids is 1. The molecular weight excluding hydrogens is 440 g/mol. The first-order chi connectivity index (χ1) is 15.9. The highest BCUT2D eigenvalue weighted by atomic mass is 32.2. The van der Waals surface area contributed by atoms with Crippen molar-refractivity contribution in [2.24, 2.45) is 0 Å². The molecule has 0 aliphatic carbocycles. The van der Waals surface area contributed by atoms with Crippen molar-refractivity contribution in [1.82, 2.24) is 15.1 Å². The Balaban J connectivity index is 1.69. The summed E-state index contributed by atoms with van der Waals surface area (Å²) in [5.74, 6) is 0.0709. The summed E-state index contributed by atoms with van der Waals surface area (Å²) in [5.41, 5.74) is 0.343. The number of sulfonamides is 1. The van der Waals surface area contributed by atoms with Gasteiger partial charge in [-0.15, -0.1) is 0 Å². The minimum Gasteiger partial charge on any atom is -0.492 e. The van der Waals surface area contributed by atoms with E-state index in [-0.39, 0.29) is 17.3 Å². The lowest BCUT2D eigenvalue weighted by Crippen LogP contribution is -2.45. The summed E-state index contributed by atoms with van der Waals surface area (Å²) in [6.07, 6.45) is 0.816. The van der Waals surface area contributed by atoms with Crippen molar-refractivity contribution in [1.29, 1.82) is 0 Å². The van der Waals surface area contributed by atoms with E-state index in [1.54, 1.807) is 42.5 Å². The number of amides is 1. The molecule has 9 heteroatoms. The van der Waals surface area contributed by atoms with Gasteiger partial charge in [-0.1, -0.05) is 30.3 Å². The quantitative estimate of drug-likeness (QED) is 0.502. The van der Waals surface area contributed by atoms with E-state index in [1.807, 2.05) is 6.92 Å².